The Labute approximate surface area is 135 Å². The SMILES string of the molecule is COc1ccc(Cl)cc1C(=O)NCCSC1CCCCC1. The number of carbonyl (C=O) groups is 1. The Morgan fingerprint density at radius 2 is 2.14 bits per heavy atom. The highest BCUT2D eigenvalue weighted by molar-refractivity contribution is 7.99. The van der Waals surface area contributed by atoms with Crippen molar-refractivity contribution in [3.8, 4) is 5.75 Å². The van der Waals surface area contributed by atoms with Gasteiger partial charge in [-0.15, -0.1) is 0 Å². The first-order valence-corrected chi connectivity index (χ1v) is 8.86. The van der Waals surface area contributed by atoms with Crippen LogP contribution in [0.1, 0.15) is 42.5 Å². The first kappa shape index (κ1) is 16.5. The molecule has 3 nitrogen and oxygen atoms in total. The van der Waals surface area contributed by atoms with Gasteiger partial charge in [0.25, 0.3) is 5.91 Å². The second-order valence-electron chi connectivity index (χ2n) is 5.23. The summed E-state index contributed by atoms with van der Waals surface area (Å²) in [6, 6.07) is 5.08. The quantitative estimate of drug-likeness (QED) is 0.798. The third-order valence-electron chi connectivity index (χ3n) is 3.70. The van der Waals surface area contributed by atoms with Crippen molar-refractivity contribution in [3.05, 3.63) is 28.8 Å². The average Bonchev–Trinajstić information content (AvgIpc) is 2.52. The molecule has 5 heteroatoms. The van der Waals surface area contributed by atoms with Gasteiger partial charge in [-0.2, -0.15) is 11.8 Å². The third kappa shape index (κ3) is 5.11. The number of rotatable bonds is 6. The monoisotopic (exact) mass is 327 g/mol. The van der Waals surface area contributed by atoms with Crippen molar-refractivity contribution in [1.82, 2.24) is 5.32 Å². The van der Waals surface area contributed by atoms with E-state index in [1.165, 1.54) is 32.1 Å². The summed E-state index contributed by atoms with van der Waals surface area (Å²) >= 11 is 7.92. The van der Waals surface area contributed by atoms with E-state index in [1.54, 1.807) is 25.3 Å². The second-order valence-corrected chi connectivity index (χ2v) is 7.08. The highest BCUT2D eigenvalue weighted by Gasteiger charge is 2.15. The summed E-state index contributed by atoms with van der Waals surface area (Å²) in [6.07, 6.45) is 6.72. The van der Waals surface area contributed by atoms with Crippen molar-refractivity contribution in [3.63, 3.8) is 0 Å². The molecule has 0 heterocycles. The molecule has 0 radical (unpaired) electrons. The molecule has 0 aromatic heterocycles. The maximum Gasteiger partial charge on any atom is 0.255 e. The molecule has 1 fully saturated rings. The predicted molar refractivity (Wildman–Crippen MR) is 89.7 cm³/mol. The minimum atomic E-state index is -0.126. The minimum absolute atomic E-state index is 0.126. The Balaban J connectivity index is 1.77. The number of amides is 1. The Morgan fingerprint density at radius 3 is 2.86 bits per heavy atom. The third-order valence-corrected chi connectivity index (χ3v) is 5.32. The molecule has 116 valence electrons. The lowest BCUT2D eigenvalue weighted by atomic mass is 10.0. The molecule has 1 aromatic rings. The van der Waals surface area contributed by atoms with E-state index in [0.717, 1.165) is 11.0 Å². The van der Waals surface area contributed by atoms with Crippen LogP contribution in [-0.2, 0) is 0 Å². The van der Waals surface area contributed by atoms with Crippen LogP contribution < -0.4 is 10.1 Å². The molecule has 1 N–H and O–H groups in total. The lowest BCUT2D eigenvalue weighted by Crippen LogP contribution is -2.27. The highest BCUT2D eigenvalue weighted by atomic mass is 35.5. The van der Waals surface area contributed by atoms with Gasteiger partial charge in [-0.25, -0.2) is 0 Å². The molecule has 1 amide bonds. The topological polar surface area (TPSA) is 38.3 Å². The summed E-state index contributed by atoms with van der Waals surface area (Å²) < 4.78 is 5.20. The molecule has 2 rings (SSSR count). The number of carbonyl (C=O) groups excluding carboxylic acids is 1. The first-order valence-electron chi connectivity index (χ1n) is 7.44. The predicted octanol–water partition coefficient (Wildman–Crippen LogP) is 4.14. The van der Waals surface area contributed by atoms with Crippen LogP contribution in [0.15, 0.2) is 18.2 Å². The zero-order chi connectivity index (χ0) is 15.1. The Kier molecular flexibility index (Phi) is 6.71. The molecule has 0 spiro atoms. The lowest BCUT2D eigenvalue weighted by Gasteiger charge is -2.20. The number of nitrogens with one attached hydrogen (secondary N) is 1. The van der Waals surface area contributed by atoms with E-state index >= 15 is 0 Å². The fraction of sp³-hybridized carbons (Fsp3) is 0.562. The maximum absolute atomic E-state index is 12.2. The number of methoxy groups -OCH3 is 1. The summed E-state index contributed by atoms with van der Waals surface area (Å²) in [4.78, 5) is 12.2. The van der Waals surface area contributed by atoms with E-state index in [2.05, 4.69) is 5.32 Å². The number of ether oxygens (including phenoxy) is 1. The summed E-state index contributed by atoms with van der Waals surface area (Å²) in [5.74, 6) is 1.38. The number of halogens is 1. The summed E-state index contributed by atoms with van der Waals surface area (Å²) in [6.45, 7) is 0.676. The molecular weight excluding hydrogens is 306 g/mol. The number of thioether (sulfide) groups is 1. The fourth-order valence-corrected chi connectivity index (χ4v) is 3.97. The van der Waals surface area contributed by atoms with Gasteiger partial charge in [0.05, 0.1) is 12.7 Å². The summed E-state index contributed by atoms with van der Waals surface area (Å²) in [5.41, 5.74) is 0.493. The largest absolute Gasteiger partial charge is 0.496 e. The van der Waals surface area contributed by atoms with Gasteiger partial charge in [0.15, 0.2) is 0 Å². The van der Waals surface area contributed by atoms with Gasteiger partial charge >= 0.3 is 0 Å². The van der Waals surface area contributed by atoms with E-state index in [1.807, 2.05) is 11.8 Å². The first-order chi connectivity index (χ1) is 10.2. The maximum atomic E-state index is 12.2. The smallest absolute Gasteiger partial charge is 0.255 e. The molecule has 1 aliphatic rings. The molecule has 0 saturated heterocycles. The second kappa shape index (κ2) is 8.54. The van der Waals surface area contributed by atoms with Crippen LogP contribution in [0, 0.1) is 0 Å². The molecule has 0 aliphatic heterocycles. The summed E-state index contributed by atoms with van der Waals surface area (Å²) in [7, 11) is 1.55. The van der Waals surface area contributed by atoms with Crippen LogP contribution in [0.2, 0.25) is 5.02 Å². The van der Waals surface area contributed by atoms with Gasteiger partial charge in [-0.3, -0.25) is 4.79 Å². The average molecular weight is 328 g/mol. The van der Waals surface area contributed by atoms with Crippen LogP contribution in [0.25, 0.3) is 0 Å². The van der Waals surface area contributed by atoms with Crippen molar-refractivity contribution in [2.24, 2.45) is 0 Å². The normalized spacial score (nSPS) is 15.7. The van der Waals surface area contributed by atoms with Gasteiger partial charge in [-0.1, -0.05) is 30.9 Å². The van der Waals surface area contributed by atoms with Crippen LogP contribution in [-0.4, -0.2) is 30.6 Å². The molecule has 0 atom stereocenters. The molecule has 1 aromatic carbocycles. The van der Waals surface area contributed by atoms with E-state index in [-0.39, 0.29) is 5.91 Å². The lowest BCUT2D eigenvalue weighted by molar-refractivity contribution is 0.0953. The number of hydrogen-bond donors (Lipinski definition) is 1. The van der Waals surface area contributed by atoms with E-state index in [9.17, 15) is 4.79 Å². The van der Waals surface area contributed by atoms with Crippen LogP contribution in [0.4, 0.5) is 0 Å². The van der Waals surface area contributed by atoms with Crippen LogP contribution in [0.5, 0.6) is 5.75 Å². The van der Waals surface area contributed by atoms with Gasteiger partial charge in [-0.05, 0) is 31.0 Å². The van der Waals surface area contributed by atoms with Crippen LogP contribution in [0.3, 0.4) is 0 Å². The standard InChI is InChI=1S/C16H22ClNO2S/c1-20-15-8-7-12(17)11-14(15)16(19)18-9-10-21-13-5-3-2-4-6-13/h7-8,11,13H,2-6,9-10H2,1H3,(H,18,19). The van der Waals surface area contributed by atoms with Crippen molar-refractivity contribution in [2.75, 3.05) is 19.4 Å². The Hall–Kier alpha value is -0.870. The Bertz CT molecular complexity index is 475. The summed E-state index contributed by atoms with van der Waals surface area (Å²) in [5, 5.41) is 4.26. The van der Waals surface area contributed by atoms with Crippen LogP contribution >= 0.6 is 23.4 Å². The van der Waals surface area contributed by atoms with E-state index in [4.69, 9.17) is 16.3 Å². The molecule has 21 heavy (non-hydrogen) atoms. The molecule has 1 saturated carbocycles. The Morgan fingerprint density at radius 1 is 1.38 bits per heavy atom. The van der Waals surface area contributed by atoms with Gasteiger partial charge in [0.2, 0.25) is 0 Å². The van der Waals surface area contributed by atoms with Crippen molar-refractivity contribution in [1.29, 1.82) is 0 Å². The zero-order valence-electron chi connectivity index (χ0n) is 12.4. The molecule has 1 aliphatic carbocycles. The number of benzene rings is 1. The number of hydrogen-bond acceptors (Lipinski definition) is 3. The minimum Gasteiger partial charge on any atom is -0.496 e. The van der Waals surface area contributed by atoms with Crippen molar-refractivity contribution in [2.45, 2.75) is 37.4 Å². The molecule has 0 bridgehead atoms. The van der Waals surface area contributed by atoms with Gasteiger partial charge in [0, 0.05) is 22.6 Å². The van der Waals surface area contributed by atoms with Crippen molar-refractivity contribution >= 4 is 29.3 Å². The molecule has 0 unspecified atom stereocenters. The highest BCUT2D eigenvalue weighted by Crippen LogP contribution is 2.28. The van der Waals surface area contributed by atoms with E-state index < -0.39 is 0 Å². The fourth-order valence-electron chi connectivity index (χ4n) is 2.57. The van der Waals surface area contributed by atoms with Gasteiger partial charge < -0.3 is 10.1 Å². The van der Waals surface area contributed by atoms with Gasteiger partial charge in [0.1, 0.15) is 5.75 Å². The zero-order valence-corrected chi connectivity index (χ0v) is 13.9. The molecular formula is C16H22ClNO2S. The van der Waals surface area contributed by atoms with E-state index in [0.29, 0.717) is 22.9 Å². The van der Waals surface area contributed by atoms with Crippen molar-refractivity contribution < 1.29 is 9.53 Å².